The van der Waals surface area contributed by atoms with Crippen LogP contribution in [0.5, 0.6) is 0 Å². The summed E-state index contributed by atoms with van der Waals surface area (Å²) in [6.07, 6.45) is 4.60. The van der Waals surface area contributed by atoms with Gasteiger partial charge in [-0.3, -0.25) is 4.52 Å². The van der Waals surface area contributed by atoms with Crippen molar-refractivity contribution in [3.05, 3.63) is 109 Å². The highest BCUT2D eigenvalue weighted by Gasteiger charge is 2.29. The fraction of sp³-hybridized carbons (Fsp3) is 0.188. The molecule has 6 aromatic rings. The molecule has 1 saturated carbocycles. The molecule has 1 aliphatic carbocycles. The molecule has 2 unspecified atom stereocenters. The van der Waals surface area contributed by atoms with Gasteiger partial charge in [0.05, 0.1) is 6.10 Å². The van der Waals surface area contributed by atoms with Crippen molar-refractivity contribution in [3.8, 4) is 0 Å². The Bertz CT molecular complexity index is 1640. The van der Waals surface area contributed by atoms with Gasteiger partial charge in [-0.2, -0.15) is 0 Å². The maximum atomic E-state index is 6.74. The topological polar surface area (TPSA) is 35.5 Å². The molecular weight excluding hydrogens is 463 g/mol. The van der Waals surface area contributed by atoms with Crippen molar-refractivity contribution < 1.29 is 12.9 Å². The first-order chi connectivity index (χ1) is 17.8. The standard InChI is InChI=1S/C32H27O3P/c1-2-10-22(11-3-1)25-14-8-9-17-28(25)33-36-34-29-20-18-23-12-4-6-15-26(23)31(29)32-27-16-7-5-13-24(27)19-21-30(32)35-36/h1-7,10-13,15-16,18-21,25,28H,8-9,14,17H2. The molecule has 0 spiro atoms. The number of rotatable bonds is 3. The van der Waals surface area contributed by atoms with Crippen molar-refractivity contribution in [3.63, 3.8) is 0 Å². The van der Waals surface area contributed by atoms with E-state index < -0.39 is 8.24 Å². The van der Waals surface area contributed by atoms with Crippen molar-refractivity contribution in [2.45, 2.75) is 37.7 Å². The molecule has 1 heterocycles. The predicted octanol–water partition coefficient (Wildman–Crippen LogP) is 9.75. The summed E-state index contributed by atoms with van der Waals surface area (Å²) in [7, 11) is -1.62. The summed E-state index contributed by atoms with van der Waals surface area (Å²) in [5.74, 6) is 0.352. The summed E-state index contributed by atoms with van der Waals surface area (Å²) >= 11 is 0. The molecule has 36 heavy (non-hydrogen) atoms. The zero-order valence-corrected chi connectivity index (χ0v) is 20.9. The van der Waals surface area contributed by atoms with Crippen LogP contribution in [0.1, 0.15) is 37.2 Å². The quantitative estimate of drug-likeness (QED) is 0.248. The minimum Gasteiger partial charge on any atom is -0.399 e. The maximum absolute atomic E-state index is 6.74. The number of fused-ring (bicyclic) bond motifs is 7. The number of hydrogen-bond donors (Lipinski definition) is 0. The van der Waals surface area contributed by atoms with E-state index in [9.17, 15) is 0 Å². The monoisotopic (exact) mass is 490 g/mol. The van der Waals surface area contributed by atoms with Gasteiger partial charge in [-0.1, -0.05) is 104 Å². The van der Waals surface area contributed by atoms with Gasteiger partial charge in [-0.25, -0.2) is 0 Å². The minimum absolute atomic E-state index is 0.0678. The Kier molecular flexibility index (Phi) is 5.54. The van der Waals surface area contributed by atoms with Crippen LogP contribution in [0, 0.1) is 0 Å². The van der Waals surface area contributed by atoms with Gasteiger partial charge >= 0.3 is 8.24 Å². The molecule has 0 N–H and O–H groups in total. The van der Waals surface area contributed by atoms with E-state index in [1.165, 1.54) is 29.2 Å². The van der Waals surface area contributed by atoms with Crippen LogP contribution >= 0.6 is 8.24 Å². The summed E-state index contributed by atoms with van der Waals surface area (Å²) < 4.78 is 19.9. The molecule has 1 aliphatic rings. The zero-order valence-electron chi connectivity index (χ0n) is 20.0. The molecule has 0 saturated heterocycles. The summed E-state index contributed by atoms with van der Waals surface area (Å²) in [5.41, 5.74) is 2.98. The lowest BCUT2D eigenvalue weighted by atomic mass is 9.82. The second-order valence-corrected chi connectivity index (χ2v) is 10.7. The smallest absolute Gasteiger partial charge is 0.387 e. The Morgan fingerprint density at radius 3 is 1.78 bits per heavy atom. The summed E-state index contributed by atoms with van der Waals surface area (Å²) in [6, 6.07) is 36.1. The number of hydrogen-bond acceptors (Lipinski definition) is 3. The number of benzene rings is 5. The Balaban J connectivity index is 1.47. The van der Waals surface area contributed by atoms with Gasteiger partial charge in [0, 0.05) is 16.7 Å². The van der Waals surface area contributed by atoms with Crippen LogP contribution in [-0.4, -0.2) is 6.10 Å². The van der Waals surface area contributed by atoms with Crippen LogP contribution in [0.15, 0.2) is 112 Å². The van der Waals surface area contributed by atoms with Crippen molar-refractivity contribution in [2.75, 3.05) is 0 Å². The van der Waals surface area contributed by atoms with Crippen molar-refractivity contribution >= 4 is 51.7 Å². The molecule has 1 aromatic heterocycles. The molecule has 0 radical (unpaired) electrons. The SMILES string of the molecule is c1ccc(C2CCCCC2Op2oc3ccc4ccccc4c3c3c(ccc4ccccc43)o2)cc1. The minimum atomic E-state index is -1.62. The van der Waals surface area contributed by atoms with Crippen LogP contribution in [0.25, 0.3) is 43.5 Å². The Morgan fingerprint density at radius 2 is 1.14 bits per heavy atom. The first-order valence-corrected chi connectivity index (χ1v) is 13.9. The molecule has 3 nitrogen and oxygen atoms in total. The van der Waals surface area contributed by atoms with Gasteiger partial charge in [0.2, 0.25) is 0 Å². The molecule has 0 aliphatic heterocycles. The van der Waals surface area contributed by atoms with Gasteiger partial charge in [-0.05, 0) is 52.1 Å². The molecule has 0 bridgehead atoms. The van der Waals surface area contributed by atoms with E-state index in [2.05, 4.69) is 103 Å². The molecular formula is C32H27O3P. The second-order valence-electron chi connectivity index (χ2n) is 9.67. The van der Waals surface area contributed by atoms with Crippen LogP contribution in [-0.2, 0) is 0 Å². The van der Waals surface area contributed by atoms with E-state index in [0.717, 1.165) is 45.6 Å². The molecule has 1 fully saturated rings. The molecule has 7 rings (SSSR count). The van der Waals surface area contributed by atoms with E-state index in [4.69, 9.17) is 12.9 Å². The lowest BCUT2D eigenvalue weighted by Crippen LogP contribution is -2.27. The van der Waals surface area contributed by atoms with Crippen molar-refractivity contribution in [1.29, 1.82) is 0 Å². The van der Waals surface area contributed by atoms with Gasteiger partial charge in [0.15, 0.2) is 0 Å². The third-order valence-corrected chi connectivity index (χ3v) is 8.66. The molecule has 2 atom stereocenters. The maximum Gasteiger partial charge on any atom is 0.387 e. The van der Waals surface area contributed by atoms with Crippen LogP contribution in [0.4, 0.5) is 0 Å². The molecule has 5 aromatic carbocycles. The zero-order chi connectivity index (χ0) is 23.9. The average molecular weight is 491 g/mol. The fourth-order valence-corrected chi connectivity index (χ4v) is 7.03. The summed E-state index contributed by atoms with van der Waals surface area (Å²) in [5, 5.41) is 6.85. The van der Waals surface area contributed by atoms with Crippen molar-refractivity contribution in [2.24, 2.45) is 0 Å². The highest BCUT2D eigenvalue weighted by atomic mass is 31.1. The van der Waals surface area contributed by atoms with E-state index in [1.807, 2.05) is 0 Å². The molecule has 4 heteroatoms. The van der Waals surface area contributed by atoms with Crippen LogP contribution < -0.4 is 4.52 Å². The van der Waals surface area contributed by atoms with Gasteiger partial charge in [0.1, 0.15) is 11.2 Å². The summed E-state index contributed by atoms with van der Waals surface area (Å²) in [4.78, 5) is 0. The highest BCUT2D eigenvalue weighted by molar-refractivity contribution is 7.31. The third-order valence-electron chi connectivity index (χ3n) is 7.53. The van der Waals surface area contributed by atoms with Crippen LogP contribution in [0.2, 0.25) is 0 Å². The lowest BCUT2D eigenvalue weighted by molar-refractivity contribution is 0.172. The van der Waals surface area contributed by atoms with Gasteiger partial charge in [0.25, 0.3) is 0 Å². The van der Waals surface area contributed by atoms with E-state index >= 15 is 0 Å². The third kappa shape index (κ3) is 3.80. The van der Waals surface area contributed by atoms with Gasteiger partial charge in [-0.15, -0.1) is 0 Å². The Morgan fingerprint density at radius 1 is 0.583 bits per heavy atom. The highest BCUT2D eigenvalue weighted by Crippen LogP contribution is 2.43. The molecule has 0 amide bonds. The van der Waals surface area contributed by atoms with E-state index in [-0.39, 0.29) is 6.10 Å². The van der Waals surface area contributed by atoms with Crippen LogP contribution in [0.3, 0.4) is 0 Å². The predicted molar refractivity (Wildman–Crippen MR) is 149 cm³/mol. The second kappa shape index (κ2) is 9.17. The first kappa shape index (κ1) is 21.7. The first-order valence-electron chi connectivity index (χ1n) is 12.8. The Labute approximate surface area is 210 Å². The Hall–Kier alpha value is -3.52. The average Bonchev–Trinajstić information content (AvgIpc) is 3.10. The summed E-state index contributed by atoms with van der Waals surface area (Å²) in [6.45, 7) is 0. The van der Waals surface area contributed by atoms with E-state index in [1.54, 1.807) is 0 Å². The van der Waals surface area contributed by atoms with Gasteiger partial charge < -0.3 is 8.39 Å². The lowest BCUT2D eigenvalue weighted by Gasteiger charge is -2.30. The normalized spacial score (nSPS) is 18.2. The van der Waals surface area contributed by atoms with Crippen molar-refractivity contribution in [1.82, 2.24) is 0 Å². The largest absolute Gasteiger partial charge is 0.399 e. The fourth-order valence-electron chi connectivity index (χ4n) is 5.81. The van der Waals surface area contributed by atoms with E-state index in [0.29, 0.717) is 5.92 Å². The molecule has 178 valence electrons.